The van der Waals surface area contributed by atoms with Crippen molar-refractivity contribution < 1.29 is 17.4 Å². The standard InChI is InChI=1S/C15H14BF3IN3OS/c1-24-25-16(20)6-9-4-12(10-2-3-10)23-13(5-9)11-7-21-14(22-8-11)15(17,18)19/h4-5,7-8,10H,2-3,6H2,1H3. The molecule has 0 radical (unpaired) electrons. The highest BCUT2D eigenvalue weighted by Gasteiger charge is 2.34. The summed E-state index contributed by atoms with van der Waals surface area (Å²) in [5.41, 5.74) is 3.16. The van der Waals surface area contributed by atoms with Crippen molar-refractivity contribution in [3.05, 3.63) is 41.6 Å². The Kier molecular flexibility index (Phi) is 5.89. The summed E-state index contributed by atoms with van der Waals surface area (Å²) in [6.45, 7) is 0. The van der Waals surface area contributed by atoms with Gasteiger partial charge in [-0.15, -0.1) is 22.4 Å². The third-order valence-electron chi connectivity index (χ3n) is 3.70. The average Bonchev–Trinajstić information content (AvgIpc) is 3.39. The average molecular weight is 479 g/mol. The molecule has 0 aromatic carbocycles. The lowest BCUT2D eigenvalue weighted by Gasteiger charge is -2.10. The van der Waals surface area contributed by atoms with Gasteiger partial charge in [0, 0.05) is 36.7 Å². The van der Waals surface area contributed by atoms with E-state index < -0.39 is 12.0 Å². The molecule has 0 bridgehead atoms. The van der Waals surface area contributed by atoms with Crippen LogP contribution >= 0.6 is 34.3 Å². The quantitative estimate of drug-likeness (QED) is 0.341. The van der Waals surface area contributed by atoms with Gasteiger partial charge in [0.05, 0.1) is 5.69 Å². The molecule has 2 aromatic heterocycles. The molecule has 0 spiro atoms. The van der Waals surface area contributed by atoms with Gasteiger partial charge in [0.25, 0.3) is 0 Å². The number of alkyl halides is 3. The van der Waals surface area contributed by atoms with E-state index in [2.05, 4.69) is 43.4 Å². The molecule has 1 saturated carbocycles. The van der Waals surface area contributed by atoms with Crippen LogP contribution in [-0.4, -0.2) is 25.9 Å². The molecule has 0 unspecified atom stereocenters. The number of nitrogens with zero attached hydrogens (tertiary/aromatic N) is 3. The minimum absolute atomic E-state index is 0.230. The van der Waals surface area contributed by atoms with Crippen LogP contribution in [0.4, 0.5) is 13.2 Å². The maximum atomic E-state index is 12.6. The molecule has 1 aliphatic carbocycles. The molecule has 2 heterocycles. The zero-order chi connectivity index (χ0) is 18.0. The molecule has 1 fully saturated rings. The SMILES string of the molecule is COSB(I)Cc1cc(-c2cnc(C(F)(F)F)nc2)nc(C2CC2)c1. The van der Waals surface area contributed by atoms with Crippen LogP contribution in [-0.2, 0) is 16.7 Å². The number of aromatic nitrogens is 3. The molecule has 0 amide bonds. The summed E-state index contributed by atoms with van der Waals surface area (Å²) in [7, 11) is 1.63. The first-order valence-corrected chi connectivity index (χ1v) is 9.66. The molecule has 10 heteroatoms. The highest BCUT2D eigenvalue weighted by atomic mass is 127. The minimum Gasteiger partial charge on any atom is -0.329 e. The van der Waals surface area contributed by atoms with Gasteiger partial charge in [0.15, 0.2) is 0 Å². The van der Waals surface area contributed by atoms with E-state index >= 15 is 0 Å². The Morgan fingerprint density at radius 1 is 1.28 bits per heavy atom. The highest BCUT2D eigenvalue weighted by Crippen LogP contribution is 2.40. The zero-order valence-corrected chi connectivity index (χ0v) is 16.2. The maximum Gasteiger partial charge on any atom is 0.451 e. The van der Waals surface area contributed by atoms with E-state index in [0.717, 1.165) is 30.4 Å². The predicted molar refractivity (Wildman–Crippen MR) is 100 cm³/mol. The molecule has 0 N–H and O–H groups in total. The van der Waals surface area contributed by atoms with Gasteiger partial charge in [0.2, 0.25) is 5.82 Å². The smallest absolute Gasteiger partial charge is 0.329 e. The second-order valence-corrected chi connectivity index (χ2v) is 9.17. The summed E-state index contributed by atoms with van der Waals surface area (Å²) in [5, 5.41) is 0. The van der Waals surface area contributed by atoms with E-state index in [1.807, 2.05) is 6.07 Å². The summed E-state index contributed by atoms with van der Waals surface area (Å²) in [6.07, 6.45) is 0.794. The van der Waals surface area contributed by atoms with Crippen molar-refractivity contribution in [1.82, 2.24) is 15.0 Å². The molecular formula is C15H14BF3IN3OS. The number of pyridine rings is 1. The topological polar surface area (TPSA) is 47.9 Å². The van der Waals surface area contributed by atoms with Crippen LogP contribution in [0.25, 0.3) is 11.3 Å². The number of halogens is 4. The van der Waals surface area contributed by atoms with Crippen molar-refractivity contribution in [3.63, 3.8) is 0 Å². The van der Waals surface area contributed by atoms with Crippen molar-refractivity contribution in [2.24, 2.45) is 0 Å². The van der Waals surface area contributed by atoms with Crippen molar-refractivity contribution in [2.75, 3.05) is 7.11 Å². The van der Waals surface area contributed by atoms with Crippen molar-refractivity contribution in [2.45, 2.75) is 31.3 Å². The Bertz CT molecular complexity index is 744. The van der Waals surface area contributed by atoms with Gasteiger partial charge >= 0.3 is 10.0 Å². The third kappa shape index (κ3) is 5.07. The van der Waals surface area contributed by atoms with Gasteiger partial charge < -0.3 is 4.18 Å². The van der Waals surface area contributed by atoms with Gasteiger partial charge in [-0.2, -0.15) is 13.2 Å². The van der Waals surface area contributed by atoms with Gasteiger partial charge in [-0.3, -0.25) is 4.98 Å². The molecule has 4 nitrogen and oxygen atoms in total. The van der Waals surface area contributed by atoms with Crippen LogP contribution in [0, 0.1) is 0 Å². The number of rotatable bonds is 6. The first-order chi connectivity index (χ1) is 11.9. The summed E-state index contributed by atoms with van der Waals surface area (Å²) in [5.74, 6) is -0.699. The van der Waals surface area contributed by atoms with Gasteiger partial charge in [-0.05, 0) is 36.9 Å². The Morgan fingerprint density at radius 2 is 1.96 bits per heavy atom. The Balaban J connectivity index is 1.90. The highest BCUT2D eigenvalue weighted by molar-refractivity contribution is 14.1. The minimum atomic E-state index is -4.54. The lowest BCUT2D eigenvalue weighted by molar-refractivity contribution is -0.144. The van der Waals surface area contributed by atoms with E-state index in [1.165, 1.54) is 24.3 Å². The molecule has 25 heavy (non-hydrogen) atoms. The molecule has 0 atom stereocenters. The number of hydrogen-bond donors (Lipinski definition) is 0. The van der Waals surface area contributed by atoms with E-state index in [-0.39, 0.29) is 3.85 Å². The molecular weight excluding hydrogens is 465 g/mol. The normalized spacial score (nSPS) is 14.6. The number of hydrogen-bond acceptors (Lipinski definition) is 5. The Morgan fingerprint density at radius 3 is 2.52 bits per heavy atom. The van der Waals surface area contributed by atoms with Gasteiger partial charge in [-0.25, -0.2) is 9.97 Å². The fraction of sp³-hybridized carbons (Fsp3) is 0.400. The van der Waals surface area contributed by atoms with Crippen LogP contribution in [0.2, 0.25) is 0 Å². The first kappa shape index (κ1) is 18.9. The van der Waals surface area contributed by atoms with Crippen molar-refractivity contribution in [3.8, 4) is 11.3 Å². The fourth-order valence-corrected chi connectivity index (χ4v) is 4.00. The molecule has 0 aliphatic heterocycles. The third-order valence-corrected chi connectivity index (χ3v) is 5.33. The second-order valence-electron chi connectivity index (χ2n) is 5.73. The molecule has 3 rings (SSSR count). The monoisotopic (exact) mass is 479 g/mol. The lowest BCUT2D eigenvalue weighted by atomic mass is 9.93. The second kappa shape index (κ2) is 7.79. The largest absolute Gasteiger partial charge is 0.451 e. The summed E-state index contributed by atoms with van der Waals surface area (Å²) in [6, 6.07) is 3.97. The fourth-order valence-electron chi connectivity index (χ4n) is 2.40. The maximum absolute atomic E-state index is 12.6. The van der Waals surface area contributed by atoms with E-state index in [1.54, 1.807) is 7.11 Å². The van der Waals surface area contributed by atoms with Gasteiger partial charge in [-0.1, -0.05) is 11.9 Å². The molecule has 1 aliphatic rings. The van der Waals surface area contributed by atoms with E-state index in [4.69, 9.17) is 4.18 Å². The molecule has 0 saturated heterocycles. The summed E-state index contributed by atoms with van der Waals surface area (Å²) >= 11 is 3.68. The zero-order valence-electron chi connectivity index (χ0n) is 13.3. The van der Waals surface area contributed by atoms with Crippen molar-refractivity contribution in [1.29, 1.82) is 0 Å². The summed E-state index contributed by atoms with van der Waals surface area (Å²) in [4.78, 5) is 11.5. The van der Waals surface area contributed by atoms with Gasteiger partial charge in [0.1, 0.15) is 0 Å². The van der Waals surface area contributed by atoms with Crippen LogP contribution in [0.3, 0.4) is 0 Å². The predicted octanol–water partition coefficient (Wildman–Crippen LogP) is 4.73. The Hall–Kier alpha value is -0.875. The van der Waals surface area contributed by atoms with Crippen LogP contribution in [0.15, 0.2) is 24.5 Å². The molecule has 132 valence electrons. The van der Waals surface area contributed by atoms with E-state index in [9.17, 15) is 13.2 Å². The lowest BCUT2D eigenvalue weighted by Crippen LogP contribution is -2.10. The summed E-state index contributed by atoms with van der Waals surface area (Å²) < 4.78 is 43.2. The van der Waals surface area contributed by atoms with Crippen molar-refractivity contribution >= 4 is 38.1 Å². The van der Waals surface area contributed by atoms with Crippen LogP contribution in [0.5, 0.6) is 0 Å². The first-order valence-electron chi connectivity index (χ1n) is 7.61. The Labute approximate surface area is 161 Å². The van der Waals surface area contributed by atoms with Crippen LogP contribution in [0.1, 0.15) is 35.8 Å². The van der Waals surface area contributed by atoms with E-state index in [0.29, 0.717) is 17.2 Å². The van der Waals surface area contributed by atoms with Crippen LogP contribution < -0.4 is 0 Å². The molecule has 2 aromatic rings.